The van der Waals surface area contributed by atoms with Gasteiger partial charge in [-0.15, -0.1) is 0 Å². The minimum Gasteiger partial charge on any atom is -0.489 e. The van der Waals surface area contributed by atoms with Gasteiger partial charge in [-0.2, -0.15) is 0 Å². The average molecular weight is 516 g/mol. The third-order valence-electron chi connectivity index (χ3n) is 6.50. The van der Waals surface area contributed by atoms with Crippen molar-refractivity contribution in [2.45, 2.75) is 19.4 Å². The van der Waals surface area contributed by atoms with Crippen LogP contribution < -0.4 is 15.4 Å². The molecule has 2 heterocycles. The Kier molecular flexibility index (Phi) is 8.61. The summed E-state index contributed by atoms with van der Waals surface area (Å²) in [7, 11) is -0.602. The first-order chi connectivity index (χ1) is 18.2. The molecule has 0 aliphatic carbocycles. The van der Waals surface area contributed by atoms with Crippen molar-refractivity contribution in [1.29, 1.82) is 0 Å². The van der Waals surface area contributed by atoms with E-state index >= 15 is 0 Å². The second-order valence-corrected chi connectivity index (χ2v) is 10.9. The van der Waals surface area contributed by atoms with Crippen molar-refractivity contribution in [3.8, 4) is 5.75 Å². The maximum absolute atomic E-state index is 11.5. The third kappa shape index (κ3) is 7.27. The van der Waals surface area contributed by atoms with Crippen LogP contribution in [0.2, 0.25) is 0 Å². The summed E-state index contributed by atoms with van der Waals surface area (Å²) < 4.78 is 17.4. The Hall–Kier alpha value is -3.49. The molecule has 0 spiro atoms. The molecule has 2 N–H and O–H groups in total. The molecular formula is C29H33N5O2S. The van der Waals surface area contributed by atoms with Gasteiger partial charge in [0.2, 0.25) is 0 Å². The lowest BCUT2D eigenvalue weighted by Crippen LogP contribution is -2.38. The molecule has 3 aromatic carbocycles. The van der Waals surface area contributed by atoms with Crippen molar-refractivity contribution in [3.63, 3.8) is 0 Å². The van der Waals surface area contributed by atoms with Crippen LogP contribution in [0.1, 0.15) is 18.4 Å². The minimum atomic E-state index is -0.602. The molecular weight excluding hydrogens is 482 g/mol. The van der Waals surface area contributed by atoms with Gasteiger partial charge < -0.3 is 20.3 Å². The smallest absolute Gasteiger partial charge is 0.141 e. The van der Waals surface area contributed by atoms with Gasteiger partial charge in [0.15, 0.2) is 0 Å². The van der Waals surface area contributed by atoms with Crippen LogP contribution in [-0.4, -0.2) is 56.8 Å². The monoisotopic (exact) mass is 515 g/mol. The number of hydrogen-bond acceptors (Lipinski definition) is 7. The zero-order valence-corrected chi connectivity index (χ0v) is 21.8. The topological polar surface area (TPSA) is 79.4 Å². The highest BCUT2D eigenvalue weighted by molar-refractivity contribution is 7.85. The van der Waals surface area contributed by atoms with Crippen LogP contribution in [0.25, 0.3) is 10.9 Å². The van der Waals surface area contributed by atoms with E-state index in [1.54, 1.807) is 6.33 Å². The predicted octanol–water partition coefficient (Wildman–Crippen LogP) is 5.21. The van der Waals surface area contributed by atoms with E-state index in [1.165, 1.54) is 0 Å². The maximum atomic E-state index is 11.5. The number of nitrogens with zero attached hydrogens (tertiary/aromatic N) is 3. The molecule has 0 radical (unpaired) electrons. The molecule has 0 amide bonds. The number of ether oxygens (including phenoxy) is 1. The highest BCUT2D eigenvalue weighted by Gasteiger charge is 2.14. The number of benzene rings is 3. The zero-order valence-electron chi connectivity index (χ0n) is 20.9. The Morgan fingerprint density at radius 1 is 0.892 bits per heavy atom. The van der Waals surface area contributed by atoms with Crippen LogP contribution in [0.15, 0.2) is 79.1 Å². The SMILES string of the molecule is O=S1CCN(CCCCNc2ccc3c(Nc4ccc(OCc5ccccc5)cc4)ncnc3c2)CC1. The molecule has 1 saturated heterocycles. The van der Waals surface area contributed by atoms with Crippen LogP contribution in [0, 0.1) is 0 Å². The molecule has 192 valence electrons. The summed E-state index contributed by atoms with van der Waals surface area (Å²) in [4.78, 5) is 11.4. The largest absolute Gasteiger partial charge is 0.489 e. The molecule has 1 aliphatic heterocycles. The Morgan fingerprint density at radius 2 is 1.68 bits per heavy atom. The van der Waals surface area contributed by atoms with Crippen molar-refractivity contribution >= 4 is 38.9 Å². The maximum Gasteiger partial charge on any atom is 0.141 e. The summed E-state index contributed by atoms with van der Waals surface area (Å²) in [6, 6.07) is 24.3. The van der Waals surface area contributed by atoms with Gasteiger partial charge in [-0.3, -0.25) is 4.21 Å². The molecule has 4 aromatic rings. The Morgan fingerprint density at radius 3 is 2.49 bits per heavy atom. The van der Waals surface area contributed by atoms with Gasteiger partial charge in [-0.1, -0.05) is 30.3 Å². The van der Waals surface area contributed by atoms with Crippen LogP contribution >= 0.6 is 0 Å². The van der Waals surface area contributed by atoms with Crippen molar-refractivity contribution in [3.05, 3.63) is 84.7 Å². The van der Waals surface area contributed by atoms with Gasteiger partial charge in [0, 0.05) is 58.7 Å². The fourth-order valence-electron chi connectivity index (χ4n) is 4.37. The summed E-state index contributed by atoms with van der Waals surface area (Å²) >= 11 is 0. The molecule has 0 bridgehead atoms. The average Bonchev–Trinajstić information content (AvgIpc) is 2.94. The second-order valence-electron chi connectivity index (χ2n) is 9.20. The predicted molar refractivity (Wildman–Crippen MR) is 152 cm³/mol. The first-order valence-electron chi connectivity index (χ1n) is 12.8. The summed E-state index contributed by atoms with van der Waals surface area (Å²) in [5.74, 6) is 3.24. The highest BCUT2D eigenvalue weighted by Crippen LogP contribution is 2.26. The highest BCUT2D eigenvalue weighted by atomic mass is 32.2. The number of rotatable bonds is 11. The number of anilines is 3. The molecule has 37 heavy (non-hydrogen) atoms. The van der Waals surface area contributed by atoms with Crippen LogP contribution in [-0.2, 0) is 17.4 Å². The molecule has 1 aromatic heterocycles. The van der Waals surface area contributed by atoms with E-state index in [0.29, 0.717) is 6.61 Å². The molecule has 0 unspecified atom stereocenters. The fraction of sp³-hybridized carbons (Fsp3) is 0.310. The zero-order chi connectivity index (χ0) is 25.3. The summed E-state index contributed by atoms with van der Waals surface area (Å²) in [5.41, 5.74) is 4.04. The quantitative estimate of drug-likeness (QED) is 0.266. The molecule has 7 nitrogen and oxygen atoms in total. The van der Waals surface area contributed by atoms with Gasteiger partial charge in [-0.25, -0.2) is 9.97 Å². The van der Waals surface area contributed by atoms with Crippen molar-refractivity contribution in [2.75, 3.05) is 48.3 Å². The van der Waals surface area contributed by atoms with E-state index in [-0.39, 0.29) is 0 Å². The van der Waals surface area contributed by atoms with E-state index in [9.17, 15) is 4.21 Å². The van der Waals surface area contributed by atoms with Gasteiger partial charge in [0.25, 0.3) is 0 Å². The molecule has 1 aliphatic rings. The van der Waals surface area contributed by atoms with Crippen molar-refractivity contribution in [2.24, 2.45) is 0 Å². The van der Waals surface area contributed by atoms with Gasteiger partial charge in [0.05, 0.1) is 5.52 Å². The fourth-order valence-corrected chi connectivity index (χ4v) is 5.50. The Bertz CT molecular complexity index is 1310. The van der Waals surface area contributed by atoms with Gasteiger partial charge >= 0.3 is 0 Å². The summed E-state index contributed by atoms with van der Waals surface area (Å²) in [6.45, 7) is 4.47. The Balaban J connectivity index is 1.12. The van der Waals surface area contributed by atoms with Crippen LogP contribution in [0.5, 0.6) is 5.75 Å². The van der Waals surface area contributed by atoms with Crippen LogP contribution in [0.3, 0.4) is 0 Å². The number of nitrogens with one attached hydrogen (secondary N) is 2. The molecule has 1 fully saturated rings. The number of fused-ring (bicyclic) bond motifs is 1. The number of unbranched alkanes of at least 4 members (excludes halogenated alkanes) is 1. The van der Waals surface area contributed by atoms with E-state index in [0.717, 1.165) is 89.9 Å². The minimum absolute atomic E-state index is 0.544. The molecule has 0 atom stereocenters. The second kappa shape index (κ2) is 12.7. The Labute approximate surface area is 220 Å². The first kappa shape index (κ1) is 25.2. The lowest BCUT2D eigenvalue weighted by Gasteiger charge is -2.25. The van der Waals surface area contributed by atoms with Crippen molar-refractivity contribution in [1.82, 2.24) is 14.9 Å². The van der Waals surface area contributed by atoms with Crippen LogP contribution in [0.4, 0.5) is 17.2 Å². The molecule has 5 rings (SSSR count). The number of aromatic nitrogens is 2. The van der Waals surface area contributed by atoms with Gasteiger partial charge in [-0.05, 0) is 67.4 Å². The molecule has 8 heteroatoms. The van der Waals surface area contributed by atoms with Gasteiger partial charge in [0.1, 0.15) is 24.5 Å². The normalized spacial score (nSPS) is 14.5. The lowest BCUT2D eigenvalue weighted by molar-refractivity contribution is 0.294. The first-order valence-corrected chi connectivity index (χ1v) is 14.3. The third-order valence-corrected chi connectivity index (χ3v) is 7.78. The van der Waals surface area contributed by atoms with E-state index < -0.39 is 10.8 Å². The van der Waals surface area contributed by atoms with E-state index in [4.69, 9.17) is 4.74 Å². The van der Waals surface area contributed by atoms with E-state index in [2.05, 4.69) is 55.8 Å². The molecule has 0 saturated carbocycles. The van der Waals surface area contributed by atoms with Crippen molar-refractivity contribution < 1.29 is 8.95 Å². The number of hydrogen-bond donors (Lipinski definition) is 2. The summed E-state index contributed by atoms with van der Waals surface area (Å²) in [6.07, 6.45) is 3.83. The van der Waals surface area contributed by atoms with E-state index in [1.807, 2.05) is 42.5 Å². The summed E-state index contributed by atoms with van der Waals surface area (Å²) in [5, 5.41) is 7.90. The lowest BCUT2D eigenvalue weighted by atomic mass is 10.2. The standard InChI is InChI=1S/C29H33N5O2S/c35-37-18-16-34(17-19-37)15-5-4-14-30-25-10-13-27-28(20-25)31-22-32-29(27)33-24-8-11-26(12-9-24)36-21-23-6-2-1-3-7-23/h1-3,6-13,20,22,30H,4-5,14-19,21H2,(H,31,32,33).